The fraction of sp³-hybridized carbons (Fsp3) is 0.250. The lowest BCUT2D eigenvalue weighted by Crippen LogP contribution is -2.28. The Morgan fingerprint density at radius 3 is 1.95 bits per heavy atom. The van der Waals surface area contributed by atoms with Crippen LogP contribution in [0.2, 0.25) is 0 Å². The molecule has 0 bridgehead atoms. The Hall–Kier alpha value is -2.00. The van der Waals surface area contributed by atoms with E-state index >= 15 is 0 Å². The van der Waals surface area contributed by atoms with Gasteiger partial charge in [0.15, 0.2) is 0 Å². The standard InChI is InChI=1S/C16H18O3/c1-12-4-8-15(9-5-12)19-16(2,17)13-6-10-14(18-3)11-7-13/h4-11,17H,1-3H3. The van der Waals surface area contributed by atoms with Gasteiger partial charge in [-0.3, -0.25) is 0 Å². The van der Waals surface area contributed by atoms with Crippen LogP contribution in [0, 0.1) is 6.92 Å². The molecule has 1 N–H and O–H groups in total. The lowest BCUT2D eigenvalue weighted by Gasteiger charge is -2.25. The summed E-state index contributed by atoms with van der Waals surface area (Å²) in [5, 5.41) is 10.4. The number of ether oxygens (including phenoxy) is 2. The predicted molar refractivity (Wildman–Crippen MR) is 74.4 cm³/mol. The van der Waals surface area contributed by atoms with Crippen LogP contribution in [0.1, 0.15) is 18.1 Å². The zero-order valence-electron chi connectivity index (χ0n) is 11.4. The van der Waals surface area contributed by atoms with Crippen molar-refractivity contribution in [2.75, 3.05) is 7.11 Å². The van der Waals surface area contributed by atoms with Gasteiger partial charge >= 0.3 is 0 Å². The molecule has 100 valence electrons. The van der Waals surface area contributed by atoms with E-state index < -0.39 is 5.79 Å². The Balaban J connectivity index is 2.18. The summed E-state index contributed by atoms with van der Waals surface area (Å²) in [5.41, 5.74) is 1.82. The lowest BCUT2D eigenvalue weighted by atomic mass is 10.1. The first-order chi connectivity index (χ1) is 9.01. The highest BCUT2D eigenvalue weighted by atomic mass is 16.6. The van der Waals surface area contributed by atoms with Crippen LogP contribution in [-0.4, -0.2) is 12.2 Å². The third-order valence-electron chi connectivity index (χ3n) is 2.96. The molecule has 1 atom stereocenters. The van der Waals surface area contributed by atoms with Gasteiger partial charge in [-0.15, -0.1) is 0 Å². The Morgan fingerprint density at radius 1 is 0.895 bits per heavy atom. The van der Waals surface area contributed by atoms with Crippen molar-refractivity contribution in [2.24, 2.45) is 0 Å². The number of aliphatic hydroxyl groups is 1. The Labute approximate surface area is 113 Å². The van der Waals surface area contributed by atoms with Crippen molar-refractivity contribution >= 4 is 0 Å². The topological polar surface area (TPSA) is 38.7 Å². The summed E-state index contributed by atoms with van der Waals surface area (Å²) < 4.78 is 10.7. The molecular weight excluding hydrogens is 240 g/mol. The Bertz CT molecular complexity index is 527. The number of rotatable bonds is 4. The second-order valence-electron chi connectivity index (χ2n) is 4.63. The van der Waals surface area contributed by atoms with Crippen LogP contribution in [0.15, 0.2) is 48.5 Å². The first kappa shape index (κ1) is 13.4. The second kappa shape index (κ2) is 5.33. The lowest BCUT2D eigenvalue weighted by molar-refractivity contribution is -0.129. The molecule has 0 radical (unpaired) electrons. The van der Waals surface area contributed by atoms with E-state index in [2.05, 4.69) is 0 Å². The van der Waals surface area contributed by atoms with E-state index in [1.54, 1.807) is 38.3 Å². The molecule has 2 aromatic rings. The average Bonchev–Trinajstić information content (AvgIpc) is 2.41. The second-order valence-corrected chi connectivity index (χ2v) is 4.63. The van der Waals surface area contributed by atoms with Crippen LogP contribution in [0.5, 0.6) is 11.5 Å². The fourth-order valence-electron chi connectivity index (χ4n) is 1.79. The molecule has 3 nitrogen and oxygen atoms in total. The molecule has 0 aliphatic heterocycles. The highest BCUT2D eigenvalue weighted by Crippen LogP contribution is 2.27. The average molecular weight is 258 g/mol. The molecule has 0 heterocycles. The van der Waals surface area contributed by atoms with E-state index in [9.17, 15) is 5.11 Å². The van der Waals surface area contributed by atoms with Crippen molar-refractivity contribution in [1.82, 2.24) is 0 Å². The third-order valence-corrected chi connectivity index (χ3v) is 2.96. The van der Waals surface area contributed by atoms with Gasteiger partial charge in [0.05, 0.1) is 7.11 Å². The monoisotopic (exact) mass is 258 g/mol. The zero-order chi connectivity index (χ0) is 13.9. The smallest absolute Gasteiger partial charge is 0.232 e. The summed E-state index contributed by atoms with van der Waals surface area (Å²) in [6.45, 7) is 3.63. The number of benzene rings is 2. The van der Waals surface area contributed by atoms with Crippen LogP contribution >= 0.6 is 0 Å². The maximum atomic E-state index is 10.4. The molecule has 0 fully saturated rings. The number of methoxy groups -OCH3 is 1. The number of hydrogen-bond donors (Lipinski definition) is 1. The largest absolute Gasteiger partial charge is 0.497 e. The highest BCUT2D eigenvalue weighted by Gasteiger charge is 2.25. The molecule has 2 rings (SSSR count). The molecule has 0 aliphatic carbocycles. The zero-order valence-corrected chi connectivity index (χ0v) is 11.4. The van der Waals surface area contributed by atoms with Gasteiger partial charge in [0.25, 0.3) is 0 Å². The SMILES string of the molecule is COc1ccc(C(C)(O)Oc2ccc(C)cc2)cc1. The molecular formula is C16H18O3. The Morgan fingerprint density at radius 2 is 1.42 bits per heavy atom. The molecule has 1 unspecified atom stereocenters. The fourth-order valence-corrected chi connectivity index (χ4v) is 1.79. The number of aryl methyl sites for hydroxylation is 1. The maximum Gasteiger partial charge on any atom is 0.232 e. The van der Waals surface area contributed by atoms with Gasteiger partial charge in [0.1, 0.15) is 11.5 Å². The molecule has 0 spiro atoms. The van der Waals surface area contributed by atoms with Gasteiger partial charge in [-0.05, 0) is 43.3 Å². The van der Waals surface area contributed by atoms with Gasteiger partial charge in [-0.25, -0.2) is 0 Å². The normalized spacial score (nSPS) is 13.7. The molecule has 19 heavy (non-hydrogen) atoms. The van der Waals surface area contributed by atoms with E-state index in [0.717, 1.165) is 11.3 Å². The van der Waals surface area contributed by atoms with E-state index in [1.165, 1.54) is 0 Å². The van der Waals surface area contributed by atoms with E-state index in [0.29, 0.717) is 11.3 Å². The van der Waals surface area contributed by atoms with Crippen LogP contribution in [0.3, 0.4) is 0 Å². The van der Waals surface area contributed by atoms with Crippen LogP contribution in [-0.2, 0) is 5.79 Å². The minimum Gasteiger partial charge on any atom is -0.497 e. The molecule has 0 aromatic heterocycles. The van der Waals surface area contributed by atoms with Gasteiger partial charge in [-0.2, -0.15) is 0 Å². The van der Waals surface area contributed by atoms with Gasteiger partial charge in [-0.1, -0.05) is 17.7 Å². The van der Waals surface area contributed by atoms with Crippen LogP contribution in [0.25, 0.3) is 0 Å². The van der Waals surface area contributed by atoms with E-state index in [-0.39, 0.29) is 0 Å². The highest BCUT2D eigenvalue weighted by molar-refractivity contribution is 5.32. The minimum absolute atomic E-state index is 0.631. The molecule has 0 amide bonds. The summed E-state index contributed by atoms with van der Waals surface area (Å²) in [7, 11) is 1.61. The van der Waals surface area contributed by atoms with Gasteiger partial charge in [0.2, 0.25) is 5.79 Å². The molecule has 0 saturated carbocycles. The first-order valence-corrected chi connectivity index (χ1v) is 6.14. The van der Waals surface area contributed by atoms with Crippen molar-refractivity contribution in [3.63, 3.8) is 0 Å². The van der Waals surface area contributed by atoms with Crippen molar-refractivity contribution < 1.29 is 14.6 Å². The molecule has 0 aliphatic rings. The van der Waals surface area contributed by atoms with Crippen LogP contribution < -0.4 is 9.47 Å². The molecule has 2 aromatic carbocycles. The predicted octanol–water partition coefficient (Wildman–Crippen LogP) is 3.25. The first-order valence-electron chi connectivity index (χ1n) is 6.14. The van der Waals surface area contributed by atoms with Crippen LogP contribution in [0.4, 0.5) is 0 Å². The van der Waals surface area contributed by atoms with Gasteiger partial charge in [0, 0.05) is 12.5 Å². The quantitative estimate of drug-likeness (QED) is 0.856. The third kappa shape index (κ3) is 3.26. The molecule has 3 heteroatoms. The minimum atomic E-state index is -1.37. The number of hydrogen-bond acceptors (Lipinski definition) is 3. The molecule has 0 saturated heterocycles. The summed E-state index contributed by atoms with van der Waals surface area (Å²) in [4.78, 5) is 0. The van der Waals surface area contributed by atoms with E-state index in [1.807, 2.05) is 31.2 Å². The summed E-state index contributed by atoms with van der Waals surface area (Å²) in [5.74, 6) is 0.00272. The maximum absolute atomic E-state index is 10.4. The van der Waals surface area contributed by atoms with Crippen molar-refractivity contribution in [3.8, 4) is 11.5 Å². The van der Waals surface area contributed by atoms with Crippen molar-refractivity contribution in [1.29, 1.82) is 0 Å². The van der Waals surface area contributed by atoms with E-state index in [4.69, 9.17) is 9.47 Å². The summed E-state index contributed by atoms with van der Waals surface area (Å²) in [6, 6.07) is 14.7. The van der Waals surface area contributed by atoms with Crippen molar-refractivity contribution in [2.45, 2.75) is 19.6 Å². The summed E-state index contributed by atoms with van der Waals surface area (Å²) >= 11 is 0. The Kier molecular flexibility index (Phi) is 3.76. The summed E-state index contributed by atoms with van der Waals surface area (Å²) in [6.07, 6.45) is 0. The van der Waals surface area contributed by atoms with Crippen molar-refractivity contribution in [3.05, 3.63) is 59.7 Å². The van der Waals surface area contributed by atoms with Gasteiger partial charge < -0.3 is 14.6 Å².